The highest BCUT2D eigenvalue weighted by Crippen LogP contribution is 2.30. The van der Waals surface area contributed by atoms with Gasteiger partial charge in [0.05, 0.1) is 5.69 Å². The van der Waals surface area contributed by atoms with Gasteiger partial charge >= 0.3 is 6.03 Å². The van der Waals surface area contributed by atoms with Crippen LogP contribution in [0.4, 0.5) is 10.5 Å². The topological polar surface area (TPSA) is 65.0 Å². The zero-order valence-corrected chi connectivity index (χ0v) is 14.4. The average molecular weight is 348 g/mol. The molecule has 3 amide bonds. The molecule has 26 heavy (non-hydrogen) atoms. The van der Waals surface area contributed by atoms with Gasteiger partial charge in [0.2, 0.25) is 5.91 Å². The number of nitrogens with one attached hydrogen (secondary N) is 1. The molecule has 2 aliphatic rings. The quantitative estimate of drug-likeness (QED) is 0.922. The molecule has 0 fully saturated rings. The van der Waals surface area contributed by atoms with Crippen molar-refractivity contribution < 1.29 is 9.59 Å². The Labute approximate surface area is 152 Å². The highest BCUT2D eigenvalue weighted by Gasteiger charge is 2.36. The lowest BCUT2D eigenvalue weighted by atomic mass is 10.1. The Balaban J connectivity index is 1.54. The predicted octanol–water partition coefficient (Wildman–Crippen LogP) is 2.40. The number of hydrogen-bond acceptors (Lipinski definition) is 3. The van der Waals surface area contributed by atoms with Crippen molar-refractivity contribution in [3.05, 3.63) is 65.7 Å². The van der Waals surface area contributed by atoms with Crippen LogP contribution in [0.5, 0.6) is 0 Å². The lowest BCUT2D eigenvalue weighted by molar-refractivity contribution is -0.119. The zero-order valence-electron chi connectivity index (χ0n) is 14.4. The van der Waals surface area contributed by atoms with E-state index in [4.69, 9.17) is 0 Å². The standard InChI is InChI=1S/C20H20N4O2/c25-18(22-13-15-7-2-1-3-8-15)14-24-17-10-5-4-9-16(17)19-21-11-6-12-23(19)20(24)26/h1-5,7-10H,6,11-14H2,(H,22,25). The van der Waals surface area contributed by atoms with Crippen LogP contribution in [0.15, 0.2) is 59.6 Å². The Morgan fingerprint density at radius 3 is 2.69 bits per heavy atom. The number of fused-ring (bicyclic) bond motifs is 3. The number of para-hydroxylation sites is 1. The largest absolute Gasteiger partial charge is 0.350 e. The van der Waals surface area contributed by atoms with Crippen LogP contribution in [0.1, 0.15) is 17.5 Å². The van der Waals surface area contributed by atoms with Crippen LogP contribution in [0, 0.1) is 0 Å². The fourth-order valence-electron chi connectivity index (χ4n) is 3.32. The molecule has 2 aromatic rings. The first-order valence-corrected chi connectivity index (χ1v) is 8.77. The van der Waals surface area contributed by atoms with Gasteiger partial charge in [0.15, 0.2) is 0 Å². The van der Waals surface area contributed by atoms with Crippen molar-refractivity contribution in [1.29, 1.82) is 0 Å². The molecule has 0 unspecified atom stereocenters. The molecule has 0 saturated heterocycles. The third kappa shape index (κ3) is 3.06. The fourth-order valence-corrected chi connectivity index (χ4v) is 3.32. The maximum atomic E-state index is 12.9. The first kappa shape index (κ1) is 16.3. The molecule has 0 saturated carbocycles. The smallest absolute Gasteiger partial charge is 0.330 e. The third-order valence-electron chi connectivity index (χ3n) is 4.59. The van der Waals surface area contributed by atoms with Crippen LogP contribution in [-0.2, 0) is 11.3 Å². The summed E-state index contributed by atoms with van der Waals surface area (Å²) in [4.78, 5) is 33.1. The first-order chi connectivity index (χ1) is 12.7. The number of nitrogens with zero attached hydrogens (tertiary/aromatic N) is 3. The average Bonchev–Trinajstić information content (AvgIpc) is 2.70. The third-order valence-corrected chi connectivity index (χ3v) is 4.59. The summed E-state index contributed by atoms with van der Waals surface area (Å²) in [5.41, 5.74) is 2.67. The summed E-state index contributed by atoms with van der Waals surface area (Å²) in [6, 6.07) is 17.2. The first-order valence-electron chi connectivity index (χ1n) is 8.77. The number of carbonyl (C=O) groups is 2. The van der Waals surface area contributed by atoms with Crippen molar-refractivity contribution in [2.75, 3.05) is 24.5 Å². The van der Waals surface area contributed by atoms with Gasteiger partial charge in [-0.05, 0) is 24.1 Å². The molecule has 2 aromatic carbocycles. The van der Waals surface area contributed by atoms with Gasteiger partial charge in [0, 0.05) is 25.2 Å². The Kier molecular flexibility index (Phi) is 4.39. The maximum absolute atomic E-state index is 12.9. The van der Waals surface area contributed by atoms with Crippen LogP contribution in [0.25, 0.3) is 0 Å². The van der Waals surface area contributed by atoms with E-state index in [9.17, 15) is 9.59 Å². The minimum absolute atomic E-state index is 0.00748. The summed E-state index contributed by atoms with van der Waals surface area (Å²) >= 11 is 0. The van der Waals surface area contributed by atoms with E-state index < -0.39 is 0 Å². The molecule has 0 bridgehead atoms. The van der Waals surface area contributed by atoms with E-state index in [0.717, 1.165) is 35.6 Å². The number of anilines is 1. The van der Waals surface area contributed by atoms with Crippen molar-refractivity contribution in [3.63, 3.8) is 0 Å². The molecule has 6 heteroatoms. The predicted molar refractivity (Wildman–Crippen MR) is 100 cm³/mol. The van der Waals surface area contributed by atoms with Crippen LogP contribution in [0.2, 0.25) is 0 Å². The minimum atomic E-state index is -0.186. The van der Waals surface area contributed by atoms with E-state index in [0.29, 0.717) is 13.1 Å². The Bertz CT molecular complexity index is 863. The van der Waals surface area contributed by atoms with Crippen molar-refractivity contribution in [2.24, 2.45) is 4.99 Å². The minimum Gasteiger partial charge on any atom is -0.350 e. The van der Waals surface area contributed by atoms with Crippen LogP contribution >= 0.6 is 0 Å². The molecule has 2 aliphatic heterocycles. The molecule has 1 N–H and O–H groups in total. The number of amidine groups is 1. The Morgan fingerprint density at radius 1 is 1.08 bits per heavy atom. The summed E-state index contributed by atoms with van der Waals surface area (Å²) in [6.45, 7) is 1.80. The molecule has 0 aliphatic carbocycles. The zero-order chi connectivity index (χ0) is 17.9. The monoisotopic (exact) mass is 348 g/mol. The molecule has 6 nitrogen and oxygen atoms in total. The molecule has 4 rings (SSSR count). The molecule has 0 spiro atoms. The molecule has 0 atom stereocenters. The van der Waals surface area contributed by atoms with Gasteiger partial charge in [0.1, 0.15) is 12.4 Å². The van der Waals surface area contributed by atoms with E-state index in [-0.39, 0.29) is 18.5 Å². The molecule has 132 valence electrons. The molecular formula is C20H20N4O2. The summed E-state index contributed by atoms with van der Waals surface area (Å²) in [7, 11) is 0. The number of hydrogen-bond donors (Lipinski definition) is 1. The Morgan fingerprint density at radius 2 is 1.85 bits per heavy atom. The lowest BCUT2D eigenvalue weighted by Crippen LogP contribution is -2.55. The van der Waals surface area contributed by atoms with Crippen molar-refractivity contribution in [2.45, 2.75) is 13.0 Å². The van der Waals surface area contributed by atoms with Gasteiger partial charge in [-0.3, -0.25) is 19.6 Å². The molecule has 0 aromatic heterocycles. The molecule has 2 heterocycles. The van der Waals surface area contributed by atoms with Gasteiger partial charge in [-0.1, -0.05) is 42.5 Å². The van der Waals surface area contributed by atoms with Crippen LogP contribution in [0.3, 0.4) is 0 Å². The molecular weight excluding hydrogens is 328 g/mol. The van der Waals surface area contributed by atoms with Gasteiger partial charge in [-0.15, -0.1) is 0 Å². The van der Waals surface area contributed by atoms with Gasteiger partial charge < -0.3 is 5.32 Å². The summed E-state index contributed by atoms with van der Waals surface area (Å²) in [5.74, 6) is 0.534. The number of urea groups is 1. The van der Waals surface area contributed by atoms with Crippen LogP contribution in [-0.4, -0.2) is 42.3 Å². The normalized spacial score (nSPS) is 15.8. The van der Waals surface area contributed by atoms with Crippen molar-refractivity contribution in [1.82, 2.24) is 10.2 Å². The number of amides is 3. The van der Waals surface area contributed by atoms with Gasteiger partial charge in [-0.25, -0.2) is 4.79 Å². The maximum Gasteiger partial charge on any atom is 0.330 e. The van der Waals surface area contributed by atoms with E-state index in [1.54, 1.807) is 9.80 Å². The summed E-state index contributed by atoms with van der Waals surface area (Å²) in [6.07, 6.45) is 0.839. The Hall–Kier alpha value is -3.15. The van der Waals surface area contributed by atoms with E-state index in [1.807, 2.05) is 54.6 Å². The van der Waals surface area contributed by atoms with Crippen LogP contribution < -0.4 is 10.2 Å². The number of benzene rings is 2. The number of aliphatic imine (C=N–C) groups is 1. The summed E-state index contributed by atoms with van der Waals surface area (Å²) in [5, 5.41) is 2.89. The second-order valence-corrected chi connectivity index (χ2v) is 6.36. The second kappa shape index (κ2) is 7.00. The molecule has 0 radical (unpaired) electrons. The fraction of sp³-hybridized carbons (Fsp3) is 0.250. The second-order valence-electron chi connectivity index (χ2n) is 6.36. The van der Waals surface area contributed by atoms with E-state index >= 15 is 0 Å². The van der Waals surface area contributed by atoms with E-state index in [2.05, 4.69) is 10.3 Å². The SMILES string of the molecule is O=C(CN1C(=O)N2CCCN=C2c2ccccc21)NCc1ccccc1. The van der Waals surface area contributed by atoms with Crippen molar-refractivity contribution >= 4 is 23.5 Å². The summed E-state index contributed by atoms with van der Waals surface area (Å²) < 4.78 is 0. The number of rotatable bonds is 4. The van der Waals surface area contributed by atoms with Gasteiger partial charge in [-0.2, -0.15) is 0 Å². The van der Waals surface area contributed by atoms with Gasteiger partial charge in [0.25, 0.3) is 0 Å². The lowest BCUT2D eigenvalue weighted by Gasteiger charge is -2.39. The highest BCUT2D eigenvalue weighted by molar-refractivity contribution is 6.20. The van der Waals surface area contributed by atoms with E-state index in [1.165, 1.54) is 0 Å². The van der Waals surface area contributed by atoms with Crippen molar-refractivity contribution in [3.8, 4) is 0 Å². The number of carbonyl (C=O) groups excluding carboxylic acids is 2. The highest BCUT2D eigenvalue weighted by atomic mass is 16.2.